The van der Waals surface area contributed by atoms with E-state index in [1.165, 1.54) is 0 Å². The van der Waals surface area contributed by atoms with Crippen LogP contribution < -0.4 is 15.4 Å². The van der Waals surface area contributed by atoms with Gasteiger partial charge in [-0.25, -0.2) is 0 Å². The van der Waals surface area contributed by atoms with Crippen LogP contribution in [-0.4, -0.2) is 36.2 Å². The quantitative estimate of drug-likeness (QED) is 0.800. The van der Waals surface area contributed by atoms with E-state index in [9.17, 15) is 0 Å². The number of hydrogen-bond acceptors (Lipinski definition) is 5. The van der Waals surface area contributed by atoms with Crippen LogP contribution in [0, 0.1) is 5.92 Å². The van der Waals surface area contributed by atoms with E-state index in [-0.39, 0.29) is 6.04 Å². The normalized spacial score (nSPS) is 12.6. The van der Waals surface area contributed by atoms with Crippen LogP contribution in [-0.2, 0) is 0 Å². The zero-order chi connectivity index (χ0) is 13.5. The first-order chi connectivity index (χ1) is 8.54. The highest BCUT2D eigenvalue weighted by atomic mass is 16.5. The lowest BCUT2D eigenvalue weighted by molar-refractivity contribution is 0.325. The van der Waals surface area contributed by atoms with E-state index >= 15 is 0 Å². The monoisotopic (exact) mass is 252 g/mol. The molecule has 0 fully saturated rings. The fourth-order valence-electron chi connectivity index (χ4n) is 1.53. The molecule has 1 atom stereocenters. The lowest BCUT2D eigenvalue weighted by Gasteiger charge is -2.22. The summed E-state index contributed by atoms with van der Waals surface area (Å²) in [5.74, 6) is 1.88. The molecule has 0 bridgehead atoms. The largest absolute Gasteiger partial charge is 0.477 e. The van der Waals surface area contributed by atoms with Crippen LogP contribution in [0.25, 0.3) is 0 Å². The van der Waals surface area contributed by atoms with Crippen molar-refractivity contribution in [2.24, 2.45) is 11.7 Å². The van der Waals surface area contributed by atoms with Gasteiger partial charge in [0.25, 0.3) is 0 Å². The van der Waals surface area contributed by atoms with E-state index < -0.39 is 0 Å². The lowest BCUT2D eigenvalue weighted by Crippen LogP contribution is -2.32. The highest BCUT2D eigenvalue weighted by Gasteiger charge is 2.10. The summed E-state index contributed by atoms with van der Waals surface area (Å²) in [6.45, 7) is 7.67. The molecule has 0 saturated carbocycles. The fraction of sp³-hybridized carbons (Fsp3) is 0.692. The van der Waals surface area contributed by atoms with E-state index in [4.69, 9.17) is 10.5 Å². The van der Waals surface area contributed by atoms with Crippen LogP contribution in [0.1, 0.15) is 27.2 Å². The molecule has 0 aliphatic heterocycles. The molecule has 0 aromatic carbocycles. The predicted molar refractivity (Wildman–Crippen MR) is 73.9 cm³/mol. The Hall–Kier alpha value is -1.36. The third kappa shape index (κ3) is 4.49. The molecule has 0 aliphatic rings. The van der Waals surface area contributed by atoms with E-state index in [1.54, 1.807) is 12.4 Å². The Kier molecular flexibility index (Phi) is 5.85. The third-order valence-electron chi connectivity index (χ3n) is 2.94. The summed E-state index contributed by atoms with van der Waals surface area (Å²) in [4.78, 5) is 10.6. The van der Waals surface area contributed by atoms with Crippen LogP contribution >= 0.6 is 0 Å². The Bertz CT molecular complexity index is 357. The number of nitrogens with two attached hydrogens (primary N) is 1. The Balaban J connectivity index is 2.55. The number of nitrogens with zero attached hydrogens (tertiary/aromatic N) is 3. The maximum absolute atomic E-state index is 6.03. The molecule has 1 unspecified atom stereocenters. The SMILES string of the molecule is CCOc1cncc(N(C)CCC(N)C(C)C)n1. The van der Waals surface area contributed by atoms with Gasteiger partial charge in [0.2, 0.25) is 5.88 Å². The van der Waals surface area contributed by atoms with E-state index in [1.807, 2.05) is 14.0 Å². The summed E-state index contributed by atoms with van der Waals surface area (Å²) in [7, 11) is 1.99. The van der Waals surface area contributed by atoms with Gasteiger partial charge in [-0.15, -0.1) is 0 Å². The highest BCUT2D eigenvalue weighted by Crippen LogP contribution is 2.13. The minimum Gasteiger partial charge on any atom is -0.477 e. The van der Waals surface area contributed by atoms with Crippen molar-refractivity contribution < 1.29 is 4.74 Å². The third-order valence-corrected chi connectivity index (χ3v) is 2.94. The van der Waals surface area contributed by atoms with Gasteiger partial charge in [-0.2, -0.15) is 4.98 Å². The van der Waals surface area contributed by atoms with Gasteiger partial charge in [-0.1, -0.05) is 13.8 Å². The molecular weight excluding hydrogens is 228 g/mol. The molecule has 1 aromatic heterocycles. The van der Waals surface area contributed by atoms with Crippen molar-refractivity contribution in [1.29, 1.82) is 0 Å². The second kappa shape index (κ2) is 7.16. The first-order valence-electron chi connectivity index (χ1n) is 6.46. The van der Waals surface area contributed by atoms with Crippen molar-refractivity contribution in [2.45, 2.75) is 33.2 Å². The second-order valence-electron chi connectivity index (χ2n) is 4.77. The summed E-state index contributed by atoms with van der Waals surface area (Å²) >= 11 is 0. The van der Waals surface area contributed by atoms with Gasteiger partial charge in [0, 0.05) is 19.6 Å². The summed E-state index contributed by atoms with van der Waals surface area (Å²) in [6, 6.07) is 0.218. The smallest absolute Gasteiger partial charge is 0.234 e. The van der Waals surface area contributed by atoms with Gasteiger partial charge in [0.15, 0.2) is 5.82 Å². The molecule has 5 heteroatoms. The Morgan fingerprint density at radius 1 is 1.39 bits per heavy atom. The van der Waals surface area contributed by atoms with E-state index in [2.05, 4.69) is 28.7 Å². The second-order valence-corrected chi connectivity index (χ2v) is 4.77. The molecule has 0 spiro atoms. The number of rotatable bonds is 7. The fourth-order valence-corrected chi connectivity index (χ4v) is 1.53. The zero-order valence-electron chi connectivity index (χ0n) is 11.8. The summed E-state index contributed by atoms with van der Waals surface area (Å²) in [5.41, 5.74) is 6.03. The molecule has 0 amide bonds. The van der Waals surface area contributed by atoms with E-state index in [0.29, 0.717) is 18.4 Å². The maximum Gasteiger partial charge on any atom is 0.234 e. The molecule has 18 heavy (non-hydrogen) atoms. The minimum atomic E-state index is 0.218. The lowest BCUT2D eigenvalue weighted by atomic mass is 10.0. The molecule has 1 heterocycles. The van der Waals surface area contributed by atoms with Crippen molar-refractivity contribution in [1.82, 2.24) is 9.97 Å². The van der Waals surface area contributed by atoms with Gasteiger partial charge in [-0.05, 0) is 19.3 Å². The van der Waals surface area contributed by atoms with E-state index in [0.717, 1.165) is 18.8 Å². The number of aromatic nitrogens is 2. The van der Waals surface area contributed by atoms with Crippen LogP contribution in [0.15, 0.2) is 12.4 Å². The van der Waals surface area contributed by atoms with Gasteiger partial charge in [0.05, 0.1) is 19.0 Å². The van der Waals surface area contributed by atoms with Crippen LogP contribution in [0.5, 0.6) is 5.88 Å². The first-order valence-corrected chi connectivity index (χ1v) is 6.46. The highest BCUT2D eigenvalue weighted by molar-refractivity contribution is 5.36. The number of hydrogen-bond donors (Lipinski definition) is 1. The summed E-state index contributed by atoms with van der Waals surface area (Å²) in [6.07, 6.45) is 4.30. The molecule has 1 aromatic rings. The topological polar surface area (TPSA) is 64.3 Å². The Morgan fingerprint density at radius 3 is 2.72 bits per heavy atom. The van der Waals surface area contributed by atoms with Gasteiger partial charge < -0.3 is 15.4 Å². The van der Waals surface area contributed by atoms with Crippen molar-refractivity contribution in [3.05, 3.63) is 12.4 Å². The molecule has 0 aliphatic carbocycles. The molecule has 2 N–H and O–H groups in total. The zero-order valence-corrected chi connectivity index (χ0v) is 11.8. The minimum absolute atomic E-state index is 0.218. The molecule has 0 saturated heterocycles. The Morgan fingerprint density at radius 2 is 2.11 bits per heavy atom. The Labute approximate surface area is 109 Å². The molecule has 5 nitrogen and oxygen atoms in total. The van der Waals surface area contributed by atoms with Gasteiger partial charge in [0.1, 0.15) is 0 Å². The molecule has 102 valence electrons. The predicted octanol–water partition coefficient (Wildman–Crippen LogP) is 1.68. The van der Waals surface area contributed by atoms with Crippen LogP contribution in [0.2, 0.25) is 0 Å². The standard InChI is InChI=1S/C13H24N4O/c1-5-18-13-9-15-8-12(16-13)17(4)7-6-11(14)10(2)3/h8-11H,5-7,14H2,1-4H3. The summed E-state index contributed by atoms with van der Waals surface area (Å²) in [5, 5.41) is 0. The number of ether oxygens (including phenoxy) is 1. The first kappa shape index (κ1) is 14.7. The maximum atomic E-state index is 6.03. The average Bonchev–Trinajstić information content (AvgIpc) is 2.36. The van der Waals surface area contributed by atoms with Crippen molar-refractivity contribution in [2.75, 3.05) is 25.1 Å². The van der Waals surface area contributed by atoms with Crippen molar-refractivity contribution >= 4 is 5.82 Å². The average molecular weight is 252 g/mol. The van der Waals surface area contributed by atoms with Crippen LogP contribution in [0.4, 0.5) is 5.82 Å². The van der Waals surface area contributed by atoms with Crippen molar-refractivity contribution in [3.63, 3.8) is 0 Å². The molecule has 0 radical (unpaired) electrons. The van der Waals surface area contributed by atoms with Gasteiger partial charge in [-0.3, -0.25) is 4.98 Å². The molecule has 1 rings (SSSR count). The van der Waals surface area contributed by atoms with Crippen molar-refractivity contribution in [3.8, 4) is 5.88 Å². The summed E-state index contributed by atoms with van der Waals surface area (Å²) < 4.78 is 5.34. The van der Waals surface area contributed by atoms with Crippen LogP contribution in [0.3, 0.4) is 0 Å². The molecular formula is C13H24N4O. The number of anilines is 1. The van der Waals surface area contributed by atoms with Gasteiger partial charge >= 0.3 is 0 Å².